The van der Waals surface area contributed by atoms with Crippen LogP contribution in [0.25, 0.3) is 0 Å². The summed E-state index contributed by atoms with van der Waals surface area (Å²) in [5.41, 5.74) is 4.64. The van der Waals surface area contributed by atoms with E-state index in [9.17, 15) is 17.6 Å². The summed E-state index contributed by atoms with van der Waals surface area (Å²) in [6.45, 7) is 0. The Hall–Kier alpha value is -2.35. The van der Waals surface area contributed by atoms with E-state index in [-0.39, 0.29) is 16.3 Å². The molecule has 4 N–H and O–H groups in total. The molecule has 0 atom stereocenters. The minimum absolute atomic E-state index is 0.00269. The molecule has 0 bridgehead atoms. The summed E-state index contributed by atoms with van der Waals surface area (Å²) < 4.78 is 39.3. The number of amides is 1. The van der Waals surface area contributed by atoms with Crippen LogP contribution >= 0.6 is 0 Å². The molecule has 0 aliphatic carbocycles. The van der Waals surface area contributed by atoms with Gasteiger partial charge in [-0.05, 0) is 30.3 Å². The molecule has 0 fully saturated rings. The number of carbonyl (C=O) groups excluding carboxylic acids is 1. The molecule has 1 amide bonds. The van der Waals surface area contributed by atoms with Gasteiger partial charge >= 0.3 is 0 Å². The molecule has 8 heteroatoms. The van der Waals surface area contributed by atoms with E-state index in [1.807, 2.05) is 0 Å². The largest absolute Gasteiger partial charge is 0.366 e. The second-order valence-corrected chi connectivity index (χ2v) is 5.35. The second kappa shape index (κ2) is 4.73. The lowest BCUT2D eigenvalue weighted by molar-refractivity contribution is 0.0996. The Kier molecular flexibility index (Phi) is 3.26. The summed E-state index contributed by atoms with van der Waals surface area (Å²) in [5.74, 6) is -1.81. The summed E-state index contributed by atoms with van der Waals surface area (Å²) in [7, 11) is -3.81. The van der Waals surface area contributed by atoms with Crippen LogP contribution in [0.1, 0.15) is 10.4 Å². The van der Waals surface area contributed by atoms with Crippen molar-refractivity contribution in [3.8, 4) is 0 Å². The summed E-state index contributed by atoms with van der Waals surface area (Å²) in [6, 6.07) is 6.14. The molecule has 2 aromatic rings. The van der Waals surface area contributed by atoms with E-state index in [2.05, 4.69) is 9.71 Å². The quantitative estimate of drug-likeness (QED) is 0.781. The minimum Gasteiger partial charge on any atom is -0.366 e. The van der Waals surface area contributed by atoms with Gasteiger partial charge < -0.3 is 10.7 Å². The number of nitrogens with two attached hydrogens (primary N) is 1. The van der Waals surface area contributed by atoms with Gasteiger partial charge in [-0.25, -0.2) is 4.39 Å². The number of sulfonamides is 1. The van der Waals surface area contributed by atoms with Gasteiger partial charge in [-0.1, -0.05) is 0 Å². The fourth-order valence-electron chi connectivity index (χ4n) is 1.47. The highest BCUT2D eigenvalue weighted by atomic mass is 32.2. The Balaban J connectivity index is 2.30. The highest BCUT2D eigenvalue weighted by molar-refractivity contribution is 7.92. The van der Waals surface area contributed by atoms with Crippen molar-refractivity contribution in [3.05, 3.63) is 47.9 Å². The average molecular weight is 283 g/mol. The normalized spacial score (nSPS) is 11.2. The van der Waals surface area contributed by atoms with Crippen molar-refractivity contribution < 1.29 is 17.6 Å². The zero-order valence-corrected chi connectivity index (χ0v) is 10.4. The van der Waals surface area contributed by atoms with E-state index in [0.717, 1.165) is 12.1 Å². The van der Waals surface area contributed by atoms with E-state index >= 15 is 0 Å². The Labute approximate surface area is 108 Å². The van der Waals surface area contributed by atoms with Gasteiger partial charge in [0.05, 0.1) is 11.3 Å². The summed E-state index contributed by atoms with van der Waals surface area (Å²) >= 11 is 0. The number of hydrogen-bond acceptors (Lipinski definition) is 3. The Morgan fingerprint density at radius 2 is 2.05 bits per heavy atom. The van der Waals surface area contributed by atoms with Gasteiger partial charge in [0.2, 0.25) is 0 Å². The molecule has 1 aromatic carbocycles. The number of aromatic nitrogens is 1. The smallest absolute Gasteiger partial charge is 0.277 e. The first kappa shape index (κ1) is 13.1. The Morgan fingerprint density at radius 1 is 1.32 bits per heavy atom. The fourth-order valence-corrected chi connectivity index (χ4v) is 2.50. The number of aromatic amines is 1. The van der Waals surface area contributed by atoms with Gasteiger partial charge in [0, 0.05) is 6.20 Å². The molecule has 0 aliphatic heterocycles. The van der Waals surface area contributed by atoms with Crippen LogP contribution < -0.4 is 10.5 Å². The number of halogens is 1. The number of hydrogen-bond donors (Lipinski definition) is 3. The lowest BCUT2D eigenvalue weighted by Crippen LogP contribution is -2.15. The van der Waals surface area contributed by atoms with E-state index in [4.69, 9.17) is 5.73 Å². The number of H-pyrrole nitrogens is 1. The number of benzene rings is 1. The van der Waals surface area contributed by atoms with Crippen molar-refractivity contribution >= 4 is 21.6 Å². The number of rotatable bonds is 4. The van der Waals surface area contributed by atoms with Crippen LogP contribution in [0.15, 0.2) is 41.6 Å². The zero-order chi connectivity index (χ0) is 14.0. The van der Waals surface area contributed by atoms with Gasteiger partial charge in [-0.3, -0.25) is 9.52 Å². The second-order valence-electron chi connectivity index (χ2n) is 3.70. The molecule has 100 valence electrons. The molecule has 0 radical (unpaired) electrons. The SMILES string of the molecule is NC(=O)c1ccc(NS(=O)(=O)c2ccc[nH]2)cc1F. The maximum atomic E-state index is 13.5. The minimum atomic E-state index is -3.81. The standard InChI is InChI=1S/C11H10FN3O3S/c12-9-6-7(3-4-8(9)11(13)16)15-19(17,18)10-2-1-5-14-10/h1-6,14-15H,(H2,13,16). The van der Waals surface area contributed by atoms with Gasteiger partial charge in [-0.15, -0.1) is 0 Å². The average Bonchev–Trinajstić information content (AvgIpc) is 2.81. The number of carbonyl (C=O) groups is 1. The monoisotopic (exact) mass is 283 g/mol. The van der Waals surface area contributed by atoms with Gasteiger partial charge in [0.25, 0.3) is 15.9 Å². The molecule has 0 saturated heterocycles. The Morgan fingerprint density at radius 3 is 2.58 bits per heavy atom. The first-order valence-electron chi connectivity index (χ1n) is 5.16. The van der Waals surface area contributed by atoms with Crippen molar-refractivity contribution in [2.75, 3.05) is 4.72 Å². The van der Waals surface area contributed by atoms with Crippen molar-refractivity contribution in [2.24, 2.45) is 5.73 Å². The van der Waals surface area contributed by atoms with Crippen LogP contribution in [0.4, 0.5) is 10.1 Å². The molecular formula is C11H10FN3O3S. The third-order valence-corrected chi connectivity index (χ3v) is 3.68. The molecule has 0 spiro atoms. The van der Waals surface area contributed by atoms with E-state index in [1.54, 1.807) is 0 Å². The van der Waals surface area contributed by atoms with E-state index in [1.165, 1.54) is 24.4 Å². The van der Waals surface area contributed by atoms with E-state index < -0.39 is 21.7 Å². The van der Waals surface area contributed by atoms with Gasteiger partial charge in [-0.2, -0.15) is 8.42 Å². The van der Waals surface area contributed by atoms with Crippen molar-refractivity contribution in [1.82, 2.24) is 4.98 Å². The highest BCUT2D eigenvalue weighted by Crippen LogP contribution is 2.17. The van der Waals surface area contributed by atoms with Gasteiger partial charge in [0.15, 0.2) is 5.03 Å². The third-order valence-electron chi connectivity index (χ3n) is 2.35. The predicted molar refractivity (Wildman–Crippen MR) is 66.5 cm³/mol. The maximum absolute atomic E-state index is 13.5. The highest BCUT2D eigenvalue weighted by Gasteiger charge is 2.16. The molecule has 6 nitrogen and oxygen atoms in total. The van der Waals surface area contributed by atoms with Crippen molar-refractivity contribution in [3.63, 3.8) is 0 Å². The molecule has 0 unspecified atom stereocenters. The molecule has 19 heavy (non-hydrogen) atoms. The lowest BCUT2D eigenvalue weighted by Gasteiger charge is -2.07. The molecule has 0 saturated carbocycles. The van der Waals surface area contributed by atoms with Crippen LogP contribution in [0.3, 0.4) is 0 Å². The van der Waals surface area contributed by atoms with Crippen molar-refractivity contribution in [1.29, 1.82) is 0 Å². The zero-order valence-electron chi connectivity index (χ0n) is 9.55. The van der Waals surface area contributed by atoms with Crippen LogP contribution in [0.2, 0.25) is 0 Å². The molecule has 1 heterocycles. The predicted octanol–water partition coefficient (Wildman–Crippen LogP) is 1.05. The number of nitrogens with one attached hydrogen (secondary N) is 2. The van der Waals surface area contributed by atoms with Crippen LogP contribution in [-0.4, -0.2) is 19.3 Å². The third kappa shape index (κ3) is 2.74. The topological polar surface area (TPSA) is 105 Å². The summed E-state index contributed by atoms with van der Waals surface area (Å²) in [4.78, 5) is 13.4. The lowest BCUT2D eigenvalue weighted by atomic mass is 10.2. The first-order chi connectivity index (χ1) is 8.90. The number of primary amides is 1. The van der Waals surface area contributed by atoms with Crippen LogP contribution in [0, 0.1) is 5.82 Å². The Bertz CT molecular complexity index is 711. The molecule has 1 aromatic heterocycles. The van der Waals surface area contributed by atoms with Crippen LogP contribution in [0.5, 0.6) is 0 Å². The molecular weight excluding hydrogens is 273 g/mol. The first-order valence-corrected chi connectivity index (χ1v) is 6.64. The fraction of sp³-hybridized carbons (Fsp3) is 0. The number of anilines is 1. The summed E-state index contributed by atoms with van der Waals surface area (Å²) in [6.07, 6.45) is 1.45. The molecule has 0 aliphatic rings. The van der Waals surface area contributed by atoms with Gasteiger partial charge in [0.1, 0.15) is 5.82 Å². The van der Waals surface area contributed by atoms with E-state index in [0.29, 0.717) is 0 Å². The van der Waals surface area contributed by atoms with Crippen molar-refractivity contribution in [2.45, 2.75) is 5.03 Å². The molecule has 2 rings (SSSR count). The summed E-state index contributed by atoms with van der Waals surface area (Å²) in [5, 5.41) is -0.0492. The maximum Gasteiger partial charge on any atom is 0.277 e. The van der Waals surface area contributed by atoms with Crippen LogP contribution in [-0.2, 0) is 10.0 Å².